The number of cyclic esters (lactones) is 1. The van der Waals surface area contributed by atoms with Crippen LogP contribution in [-0.2, 0) is 22.5 Å². The summed E-state index contributed by atoms with van der Waals surface area (Å²) in [5.41, 5.74) is 7.08. The molecule has 2 aliphatic rings. The average Bonchev–Trinajstić information content (AvgIpc) is 3.08. The topological polar surface area (TPSA) is 59.0 Å². The Morgan fingerprint density at radius 2 is 1.82 bits per heavy atom. The summed E-state index contributed by atoms with van der Waals surface area (Å²) in [5.74, 6) is 0.773. The molecule has 184 valence electrons. The maximum atomic E-state index is 12.2. The van der Waals surface area contributed by atoms with Crippen LogP contribution in [0.1, 0.15) is 87.1 Å². The molecule has 0 bridgehead atoms. The van der Waals surface area contributed by atoms with Gasteiger partial charge in [-0.15, -0.1) is 0 Å². The van der Waals surface area contributed by atoms with Gasteiger partial charge in [0.2, 0.25) is 0 Å². The van der Waals surface area contributed by atoms with Crippen LogP contribution in [0.3, 0.4) is 0 Å². The Hall–Kier alpha value is -2.53. The van der Waals surface area contributed by atoms with Gasteiger partial charge in [0.05, 0.1) is 12.5 Å². The van der Waals surface area contributed by atoms with Crippen molar-refractivity contribution in [3.05, 3.63) is 58.1 Å². The molecule has 3 atom stereocenters. The molecule has 1 N–H and O–H groups in total. The Bertz CT molecular complexity index is 1060. The standard InChI is InChI=1S/C29H39NO4/c1-17(2)25-26(19(4)23-13-21(31)14-24(32)33-23)28-22(15-29(5,6)34-28)18(3)27(25)30(7)16-20-11-9-8-10-12-20/h8-12,17,19,21,23,31H,13-16H2,1-7H3/t19?,21-,23+/m1/s1. The third-order valence-electron chi connectivity index (χ3n) is 7.28. The molecule has 2 heterocycles. The lowest BCUT2D eigenvalue weighted by Gasteiger charge is -2.36. The van der Waals surface area contributed by atoms with Crippen molar-refractivity contribution in [2.75, 3.05) is 11.9 Å². The number of hydrogen-bond donors (Lipinski definition) is 1. The molecule has 34 heavy (non-hydrogen) atoms. The van der Waals surface area contributed by atoms with Crippen molar-refractivity contribution in [2.24, 2.45) is 0 Å². The minimum absolute atomic E-state index is 0.0703. The largest absolute Gasteiger partial charge is 0.487 e. The smallest absolute Gasteiger partial charge is 0.308 e. The van der Waals surface area contributed by atoms with E-state index in [9.17, 15) is 9.90 Å². The van der Waals surface area contributed by atoms with Crippen LogP contribution >= 0.6 is 0 Å². The second-order valence-electron chi connectivity index (χ2n) is 11.1. The SMILES string of the molecule is Cc1c2c(c(C(C)[C@@H]3C[C@@H](O)CC(=O)O3)c(C(C)C)c1N(C)Cc1ccccc1)OC(C)(C)C2. The molecule has 4 rings (SSSR count). The molecule has 0 aliphatic carbocycles. The fourth-order valence-electron chi connectivity index (χ4n) is 5.76. The van der Waals surface area contributed by atoms with Crippen molar-refractivity contribution in [1.82, 2.24) is 0 Å². The Balaban J connectivity index is 1.88. The summed E-state index contributed by atoms with van der Waals surface area (Å²) >= 11 is 0. The number of aliphatic hydroxyl groups excluding tert-OH is 1. The van der Waals surface area contributed by atoms with Gasteiger partial charge in [-0.2, -0.15) is 0 Å². The molecule has 1 saturated heterocycles. The highest BCUT2D eigenvalue weighted by Gasteiger charge is 2.41. The van der Waals surface area contributed by atoms with E-state index in [4.69, 9.17) is 9.47 Å². The molecular weight excluding hydrogens is 426 g/mol. The second-order valence-corrected chi connectivity index (χ2v) is 11.1. The number of esters is 1. The highest BCUT2D eigenvalue weighted by Crippen LogP contribution is 2.51. The average molecular weight is 466 g/mol. The number of fused-ring (bicyclic) bond motifs is 1. The molecular formula is C29H39NO4. The number of aliphatic hydroxyl groups is 1. The third kappa shape index (κ3) is 4.68. The van der Waals surface area contributed by atoms with E-state index >= 15 is 0 Å². The van der Waals surface area contributed by atoms with Gasteiger partial charge in [0, 0.05) is 49.2 Å². The highest BCUT2D eigenvalue weighted by atomic mass is 16.5. The number of carbonyl (C=O) groups excluding carboxylic acids is 1. The van der Waals surface area contributed by atoms with Gasteiger partial charge >= 0.3 is 5.97 Å². The number of ether oxygens (including phenoxy) is 2. The van der Waals surface area contributed by atoms with Crippen LogP contribution in [-0.4, -0.2) is 35.9 Å². The van der Waals surface area contributed by atoms with Gasteiger partial charge < -0.3 is 19.5 Å². The molecule has 0 radical (unpaired) electrons. The van der Waals surface area contributed by atoms with E-state index in [1.165, 1.54) is 27.9 Å². The molecule has 5 heteroatoms. The van der Waals surface area contributed by atoms with Crippen LogP contribution in [0.2, 0.25) is 0 Å². The van der Waals surface area contributed by atoms with E-state index in [-0.39, 0.29) is 35.9 Å². The molecule has 1 fully saturated rings. The Morgan fingerprint density at radius 3 is 2.44 bits per heavy atom. The highest BCUT2D eigenvalue weighted by molar-refractivity contribution is 5.73. The first-order chi connectivity index (χ1) is 16.0. The normalized spacial score (nSPS) is 22.2. The molecule has 1 unspecified atom stereocenters. The lowest BCUT2D eigenvalue weighted by atomic mass is 9.79. The maximum absolute atomic E-state index is 12.2. The summed E-state index contributed by atoms with van der Waals surface area (Å²) in [5, 5.41) is 10.3. The molecule has 0 saturated carbocycles. The summed E-state index contributed by atoms with van der Waals surface area (Å²) in [6.07, 6.45) is 0.324. The van der Waals surface area contributed by atoms with Crippen molar-refractivity contribution in [1.29, 1.82) is 0 Å². The van der Waals surface area contributed by atoms with Crippen molar-refractivity contribution in [3.8, 4) is 5.75 Å². The number of hydrogen-bond acceptors (Lipinski definition) is 5. The van der Waals surface area contributed by atoms with Crippen LogP contribution in [0.25, 0.3) is 0 Å². The summed E-state index contributed by atoms with van der Waals surface area (Å²) in [4.78, 5) is 14.5. The van der Waals surface area contributed by atoms with Gasteiger partial charge in [0.25, 0.3) is 0 Å². The number of rotatable bonds is 6. The number of anilines is 1. The van der Waals surface area contributed by atoms with Gasteiger partial charge in [0.1, 0.15) is 17.5 Å². The van der Waals surface area contributed by atoms with Crippen LogP contribution in [0.4, 0.5) is 5.69 Å². The molecule has 2 aromatic rings. The molecule has 0 amide bonds. The van der Waals surface area contributed by atoms with Crippen LogP contribution < -0.4 is 9.64 Å². The Morgan fingerprint density at radius 1 is 1.15 bits per heavy atom. The quantitative estimate of drug-likeness (QED) is 0.560. The van der Waals surface area contributed by atoms with Crippen molar-refractivity contribution in [3.63, 3.8) is 0 Å². The second kappa shape index (κ2) is 9.26. The monoisotopic (exact) mass is 465 g/mol. The first-order valence-corrected chi connectivity index (χ1v) is 12.5. The third-order valence-corrected chi connectivity index (χ3v) is 7.28. The lowest BCUT2D eigenvalue weighted by molar-refractivity contribution is -0.161. The Kier molecular flexibility index (Phi) is 6.69. The van der Waals surface area contributed by atoms with E-state index in [0.29, 0.717) is 6.42 Å². The first-order valence-electron chi connectivity index (χ1n) is 12.5. The number of benzene rings is 2. The summed E-state index contributed by atoms with van der Waals surface area (Å²) in [6, 6.07) is 10.5. The van der Waals surface area contributed by atoms with Gasteiger partial charge in [0.15, 0.2) is 0 Å². The van der Waals surface area contributed by atoms with Gasteiger partial charge in [-0.05, 0) is 43.4 Å². The molecule has 0 aromatic heterocycles. The number of nitrogens with zero attached hydrogens (tertiary/aromatic N) is 1. The molecule has 2 aliphatic heterocycles. The Labute approximate surface area is 204 Å². The van der Waals surface area contributed by atoms with E-state index in [1.54, 1.807) is 0 Å². The van der Waals surface area contributed by atoms with Crippen molar-refractivity contribution in [2.45, 2.75) is 97.0 Å². The minimum Gasteiger partial charge on any atom is -0.487 e. The summed E-state index contributed by atoms with van der Waals surface area (Å²) in [6.45, 7) is 13.8. The summed E-state index contributed by atoms with van der Waals surface area (Å²) in [7, 11) is 2.16. The molecule has 5 nitrogen and oxygen atoms in total. The fraction of sp³-hybridized carbons (Fsp3) is 0.552. The predicted octanol–water partition coefficient (Wildman–Crippen LogP) is 5.64. The van der Waals surface area contributed by atoms with E-state index < -0.39 is 6.10 Å². The lowest BCUT2D eigenvalue weighted by Crippen LogP contribution is -2.36. The van der Waals surface area contributed by atoms with Crippen LogP contribution in [0, 0.1) is 6.92 Å². The zero-order valence-electron chi connectivity index (χ0n) is 21.6. The van der Waals surface area contributed by atoms with Crippen molar-refractivity contribution < 1.29 is 19.4 Å². The molecule has 2 aromatic carbocycles. The van der Waals surface area contributed by atoms with Crippen LogP contribution in [0.15, 0.2) is 30.3 Å². The van der Waals surface area contributed by atoms with E-state index in [1.807, 2.05) is 6.07 Å². The van der Waals surface area contributed by atoms with Crippen LogP contribution in [0.5, 0.6) is 5.75 Å². The zero-order chi connectivity index (χ0) is 24.8. The molecule has 0 spiro atoms. The van der Waals surface area contributed by atoms with E-state index in [2.05, 4.69) is 77.8 Å². The first kappa shape index (κ1) is 24.6. The fourth-order valence-corrected chi connectivity index (χ4v) is 5.76. The zero-order valence-corrected chi connectivity index (χ0v) is 21.6. The van der Waals surface area contributed by atoms with Gasteiger partial charge in [-0.3, -0.25) is 4.79 Å². The minimum atomic E-state index is -0.660. The number of carbonyl (C=O) groups is 1. The maximum Gasteiger partial charge on any atom is 0.308 e. The van der Waals surface area contributed by atoms with E-state index in [0.717, 1.165) is 24.3 Å². The van der Waals surface area contributed by atoms with Crippen molar-refractivity contribution >= 4 is 11.7 Å². The summed E-state index contributed by atoms with van der Waals surface area (Å²) < 4.78 is 12.4. The predicted molar refractivity (Wildman–Crippen MR) is 136 cm³/mol. The van der Waals surface area contributed by atoms with Gasteiger partial charge in [-0.25, -0.2) is 0 Å². The van der Waals surface area contributed by atoms with Gasteiger partial charge in [-0.1, -0.05) is 51.1 Å².